The molecule has 1 aromatic carbocycles. The van der Waals surface area contributed by atoms with Gasteiger partial charge in [-0.05, 0) is 43.7 Å². The number of anilines is 1. The molecule has 2 atom stereocenters. The Hall–Kier alpha value is -2.08. The third kappa shape index (κ3) is 4.36. The molecule has 6 heteroatoms. The molecule has 2 N–H and O–H groups in total. The van der Waals surface area contributed by atoms with Gasteiger partial charge in [0.1, 0.15) is 0 Å². The average molecular weight is 360 g/mol. The van der Waals surface area contributed by atoms with Crippen LogP contribution in [0.2, 0.25) is 0 Å². The number of likely N-dealkylation sites (tertiary alicyclic amines) is 1. The third-order valence-electron chi connectivity index (χ3n) is 5.46. The molecule has 1 amide bonds. The van der Waals surface area contributed by atoms with Gasteiger partial charge in [-0.2, -0.15) is 0 Å². The van der Waals surface area contributed by atoms with Gasteiger partial charge in [0.05, 0.1) is 12.2 Å². The molecule has 0 radical (unpaired) electrons. The summed E-state index contributed by atoms with van der Waals surface area (Å²) in [7, 11) is 0. The van der Waals surface area contributed by atoms with E-state index in [0.717, 1.165) is 19.4 Å². The molecule has 6 nitrogen and oxygen atoms in total. The number of aliphatic hydroxyl groups is 1. The minimum Gasteiger partial charge on any atom is -0.452 e. The van der Waals surface area contributed by atoms with Crippen LogP contribution in [0.3, 0.4) is 0 Å². The lowest BCUT2D eigenvalue weighted by molar-refractivity contribution is -0.140. The lowest BCUT2D eigenvalue weighted by Crippen LogP contribution is -2.50. The first kappa shape index (κ1) is 18.7. The molecule has 1 aromatic rings. The molecular weight excluding hydrogens is 332 g/mol. The number of fused-ring (bicyclic) bond motifs is 1. The number of ether oxygens (including phenoxy) is 1. The highest BCUT2D eigenvalue weighted by Gasteiger charge is 2.35. The summed E-state index contributed by atoms with van der Waals surface area (Å²) in [6.07, 6.45) is 6.95. The predicted octanol–water partition coefficient (Wildman–Crippen LogP) is 2.43. The van der Waals surface area contributed by atoms with Crippen LogP contribution in [0.25, 0.3) is 0 Å². The molecule has 1 saturated carbocycles. The molecule has 142 valence electrons. The van der Waals surface area contributed by atoms with Gasteiger partial charge in [0.25, 0.3) is 5.91 Å². The number of rotatable bonds is 6. The molecule has 3 rings (SSSR count). The Kier molecular flexibility index (Phi) is 6.50. The lowest BCUT2D eigenvalue weighted by Gasteiger charge is -2.44. The fourth-order valence-corrected chi connectivity index (χ4v) is 4.23. The van der Waals surface area contributed by atoms with Crippen molar-refractivity contribution in [2.45, 2.75) is 44.6 Å². The van der Waals surface area contributed by atoms with Crippen LogP contribution in [0, 0.1) is 5.92 Å². The zero-order valence-electron chi connectivity index (χ0n) is 15.2. The van der Waals surface area contributed by atoms with Gasteiger partial charge in [0.15, 0.2) is 6.61 Å². The van der Waals surface area contributed by atoms with Gasteiger partial charge in [-0.25, -0.2) is 4.79 Å². The topological polar surface area (TPSA) is 78.9 Å². The summed E-state index contributed by atoms with van der Waals surface area (Å²) in [6.45, 7) is 0.877. The first-order chi connectivity index (χ1) is 12.7. The summed E-state index contributed by atoms with van der Waals surface area (Å²) in [4.78, 5) is 27.0. The van der Waals surface area contributed by atoms with Gasteiger partial charge < -0.3 is 20.1 Å². The average Bonchev–Trinajstić information content (AvgIpc) is 2.70. The molecule has 1 aliphatic heterocycles. The second-order valence-electron chi connectivity index (χ2n) is 7.11. The molecule has 1 aliphatic carbocycles. The molecule has 0 aromatic heterocycles. The van der Waals surface area contributed by atoms with Crippen molar-refractivity contribution in [3.05, 3.63) is 29.8 Å². The van der Waals surface area contributed by atoms with Crippen LogP contribution in [0.1, 0.15) is 48.9 Å². The van der Waals surface area contributed by atoms with E-state index in [1.165, 1.54) is 25.7 Å². The van der Waals surface area contributed by atoms with Crippen LogP contribution in [-0.4, -0.2) is 54.2 Å². The van der Waals surface area contributed by atoms with Crippen LogP contribution >= 0.6 is 0 Å². The van der Waals surface area contributed by atoms with E-state index < -0.39 is 5.97 Å². The molecule has 0 spiro atoms. The van der Waals surface area contributed by atoms with E-state index in [-0.39, 0.29) is 19.1 Å². The maximum Gasteiger partial charge on any atom is 0.340 e. The second kappa shape index (κ2) is 9.03. The summed E-state index contributed by atoms with van der Waals surface area (Å²) in [5.74, 6) is 0.00732. The molecule has 26 heavy (non-hydrogen) atoms. The largest absolute Gasteiger partial charge is 0.452 e. The normalized spacial score (nSPS) is 22.4. The molecule has 1 saturated heterocycles. The van der Waals surface area contributed by atoms with Crippen molar-refractivity contribution in [3.63, 3.8) is 0 Å². The van der Waals surface area contributed by atoms with E-state index in [4.69, 9.17) is 9.84 Å². The lowest BCUT2D eigenvalue weighted by atomic mass is 9.78. The Bertz CT molecular complexity index is 632. The highest BCUT2D eigenvalue weighted by atomic mass is 16.5. The van der Waals surface area contributed by atoms with Crippen LogP contribution in [-0.2, 0) is 9.53 Å². The number of esters is 1. The SMILES string of the molecule is O=C(OCC(=O)N1CCC[C@H]2CCCC[C@@H]21)c1ccccc1NCCO. The highest BCUT2D eigenvalue weighted by molar-refractivity contribution is 5.96. The number of piperidine rings is 1. The fraction of sp³-hybridized carbons (Fsp3) is 0.600. The number of para-hydroxylation sites is 1. The van der Waals surface area contributed by atoms with Crippen molar-refractivity contribution in [1.29, 1.82) is 0 Å². The van der Waals surface area contributed by atoms with Crippen molar-refractivity contribution in [3.8, 4) is 0 Å². The highest BCUT2D eigenvalue weighted by Crippen LogP contribution is 2.35. The Labute approximate surface area is 154 Å². The number of hydrogen-bond donors (Lipinski definition) is 2. The van der Waals surface area contributed by atoms with Crippen LogP contribution < -0.4 is 5.32 Å². The van der Waals surface area contributed by atoms with E-state index in [1.807, 2.05) is 4.90 Å². The summed E-state index contributed by atoms with van der Waals surface area (Å²) in [6, 6.07) is 7.29. The summed E-state index contributed by atoms with van der Waals surface area (Å²) in [5, 5.41) is 11.9. The monoisotopic (exact) mass is 360 g/mol. The second-order valence-corrected chi connectivity index (χ2v) is 7.11. The maximum atomic E-state index is 12.6. The zero-order valence-corrected chi connectivity index (χ0v) is 15.2. The number of aliphatic hydroxyl groups excluding tert-OH is 1. The first-order valence-corrected chi connectivity index (χ1v) is 9.61. The van der Waals surface area contributed by atoms with Crippen molar-refractivity contribution in [1.82, 2.24) is 4.90 Å². The first-order valence-electron chi connectivity index (χ1n) is 9.61. The minimum absolute atomic E-state index is 0.0284. The van der Waals surface area contributed by atoms with Gasteiger partial charge in [-0.3, -0.25) is 4.79 Å². The van der Waals surface area contributed by atoms with Gasteiger partial charge >= 0.3 is 5.97 Å². The Morgan fingerprint density at radius 2 is 1.92 bits per heavy atom. The van der Waals surface area contributed by atoms with Crippen molar-refractivity contribution >= 4 is 17.6 Å². The molecule has 1 heterocycles. The number of amides is 1. The standard InChI is InChI=1S/C20H28N2O4/c23-13-11-21-17-9-3-2-8-16(17)20(25)26-14-19(24)22-12-5-7-15-6-1-4-10-18(15)22/h2-3,8-9,15,18,21,23H,1,4-7,10-14H2/t15-,18+/m1/s1. The summed E-state index contributed by atoms with van der Waals surface area (Å²) < 4.78 is 5.31. The number of hydrogen-bond acceptors (Lipinski definition) is 5. The van der Waals surface area contributed by atoms with E-state index in [1.54, 1.807) is 24.3 Å². The molecule has 0 bridgehead atoms. The zero-order chi connectivity index (χ0) is 18.4. The van der Waals surface area contributed by atoms with Crippen LogP contribution in [0.4, 0.5) is 5.69 Å². The Balaban J connectivity index is 1.58. The predicted molar refractivity (Wildman–Crippen MR) is 99.0 cm³/mol. The Morgan fingerprint density at radius 1 is 1.15 bits per heavy atom. The van der Waals surface area contributed by atoms with E-state index >= 15 is 0 Å². The Morgan fingerprint density at radius 3 is 2.77 bits per heavy atom. The minimum atomic E-state index is -0.517. The third-order valence-corrected chi connectivity index (χ3v) is 5.46. The van der Waals surface area contributed by atoms with E-state index in [2.05, 4.69) is 5.32 Å². The number of nitrogens with zero attached hydrogens (tertiary/aromatic N) is 1. The van der Waals surface area contributed by atoms with Crippen molar-refractivity contribution in [2.75, 3.05) is 31.6 Å². The van der Waals surface area contributed by atoms with Gasteiger partial charge in [-0.1, -0.05) is 25.0 Å². The molecule has 0 unspecified atom stereocenters. The molecular formula is C20H28N2O4. The van der Waals surface area contributed by atoms with E-state index in [0.29, 0.717) is 29.8 Å². The van der Waals surface area contributed by atoms with Crippen molar-refractivity contribution in [2.24, 2.45) is 5.92 Å². The summed E-state index contributed by atoms with van der Waals surface area (Å²) in [5.41, 5.74) is 0.979. The van der Waals surface area contributed by atoms with E-state index in [9.17, 15) is 9.59 Å². The van der Waals surface area contributed by atoms with Gasteiger partial charge in [-0.15, -0.1) is 0 Å². The molecule has 2 fully saturated rings. The smallest absolute Gasteiger partial charge is 0.340 e. The fourth-order valence-electron chi connectivity index (χ4n) is 4.23. The molecule has 2 aliphatic rings. The number of carbonyl (C=O) groups is 2. The van der Waals surface area contributed by atoms with Crippen LogP contribution in [0.5, 0.6) is 0 Å². The number of carbonyl (C=O) groups excluding carboxylic acids is 2. The van der Waals surface area contributed by atoms with Crippen LogP contribution in [0.15, 0.2) is 24.3 Å². The van der Waals surface area contributed by atoms with Gasteiger partial charge in [0.2, 0.25) is 0 Å². The number of nitrogens with one attached hydrogen (secondary N) is 1. The van der Waals surface area contributed by atoms with Gasteiger partial charge in [0, 0.05) is 24.8 Å². The summed E-state index contributed by atoms with van der Waals surface area (Å²) >= 11 is 0. The number of benzene rings is 1. The van der Waals surface area contributed by atoms with Crippen molar-refractivity contribution < 1.29 is 19.4 Å². The maximum absolute atomic E-state index is 12.6. The quantitative estimate of drug-likeness (QED) is 0.762.